The molecule has 0 bridgehead atoms. The van der Waals surface area contributed by atoms with Gasteiger partial charge < -0.3 is 14.7 Å². The highest BCUT2D eigenvalue weighted by molar-refractivity contribution is 6.08. The zero-order chi connectivity index (χ0) is 16.2. The molecule has 2 aromatic carbocycles. The van der Waals surface area contributed by atoms with Crippen molar-refractivity contribution in [1.82, 2.24) is 9.97 Å². The van der Waals surface area contributed by atoms with Crippen LogP contribution in [0.3, 0.4) is 0 Å². The summed E-state index contributed by atoms with van der Waals surface area (Å²) in [6.07, 6.45) is 3.27. The summed E-state index contributed by atoms with van der Waals surface area (Å²) in [6, 6.07) is 12.6. The number of fused-ring (bicyclic) bond motifs is 1. The van der Waals surface area contributed by atoms with Gasteiger partial charge in [0.25, 0.3) is 0 Å². The Morgan fingerprint density at radius 3 is 2.57 bits per heavy atom. The van der Waals surface area contributed by atoms with Crippen LogP contribution in [0.15, 0.2) is 53.3 Å². The number of ketones is 1. The van der Waals surface area contributed by atoms with E-state index in [4.69, 9.17) is 4.74 Å². The molecular weight excluding hydrogens is 292 g/mol. The van der Waals surface area contributed by atoms with Crippen LogP contribution in [0.4, 0.5) is 0 Å². The fraction of sp³-hybridized carbons (Fsp3) is 0.111. The van der Waals surface area contributed by atoms with E-state index in [0.29, 0.717) is 23.2 Å². The smallest absolute Gasteiger partial charge is 0.323 e. The first-order chi connectivity index (χ1) is 11.2. The van der Waals surface area contributed by atoms with Crippen LogP contribution in [0, 0.1) is 0 Å². The monoisotopic (exact) mass is 308 g/mol. The number of hydrogen-bond acceptors (Lipinski definition) is 3. The van der Waals surface area contributed by atoms with Crippen LogP contribution in [0.1, 0.15) is 22.8 Å². The number of imidazole rings is 1. The Kier molecular flexibility index (Phi) is 4.10. The molecule has 2 N–H and O–H groups in total. The highest BCUT2D eigenvalue weighted by Crippen LogP contribution is 2.15. The molecule has 0 fully saturated rings. The number of aromatic amines is 2. The molecule has 0 aliphatic heterocycles. The number of benzene rings is 2. The van der Waals surface area contributed by atoms with Crippen molar-refractivity contribution in [3.63, 3.8) is 0 Å². The Hall–Kier alpha value is -3.08. The number of aromatic nitrogens is 2. The lowest BCUT2D eigenvalue weighted by Gasteiger charge is -2.02. The first-order valence-corrected chi connectivity index (χ1v) is 7.33. The molecule has 1 aromatic heterocycles. The van der Waals surface area contributed by atoms with Crippen molar-refractivity contribution < 1.29 is 9.53 Å². The van der Waals surface area contributed by atoms with Crippen molar-refractivity contribution in [2.75, 3.05) is 6.61 Å². The zero-order valence-corrected chi connectivity index (χ0v) is 12.6. The number of allylic oxidation sites excluding steroid dienone is 1. The molecule has 5 heteroatoms. The van der Waals surface area contributed by atoms with Crippen LogP contribution in [-0.4, -0.2) is 22.4 Å². The van der Waals surface area contributed by atoms with E-state index < -0.39 is 0 Å². The molecule has 23 heavy (non-hydrogen) atoms. The van der Waals surface area contributed by atoms with E-state index in [1.54, 1.807) is 24.3 Å². The molecule has 0 spiro atoms. The minimum Gasteiger partial charge on any atom is -0.494 e. The Labute approximate surface area is 132 Å². The zero-order valence-electron chi connectivity index (χ0n) is 12.6. The van der Waals surface area contributed by atoms with E-state index in [9.17, 15) is 9.59 Å². The standard InChI is InChI=1S/C18H16N2O3/c1-2-23-14-7-3-12(4-8-14)5-10-17(21)13-6-9-15-16(11-13)20-18(22)19-15/h3-11H,2H2,1H3,(H2,19,20,22). The van der Waals surface area contributed by atoms with Crippen LogP contribution >= 0.6 is 0 Å². The second-order valence-corrected chi connectivity index (χ2v) is 5.04. The molecular formula is C18H16N2O3. The largest absolute Gasteiger partial charge is 0.494 e. The molecule has 0 unspecified atom stereocenters. The Morgan fingerprint density at radius 2 is 1.83 bits per heavy atom. The van der Waals surface area contributed by atoms with Crippen molar-refractivity contribution in [3.8, 4) is 5.75 Å². The van der Waals surface area contributed by atoms with E-state index in [2.05, 4.69) is 9.97 Å². The number of carbonyl (C=O) groups excluding carboxylic acids is 1. The lowest BCUT2D eigenvalue weighted by atomic mass is 10.1. The van der Waals surface area contributed by atoms with Gasteiger partial charge in [-0.05, 0) is 48.9 Å². The average Bonchev–Trinajstić information content (AvgIpc) is 2.93. The van der Waals surface area contributed by atoms with Gasteiger partial charge in [0.2, 0.25) is 0 Å². The van der Waals surface area contributed by atoms with E-state index in [1.807, 2.05) is 31.2 Å². The van der Waals surface area contributed by atoms with Gasteiger partial charge in [0, 0.05) is 5.56 Å². The second-order valence-electron chi connectivity index (χ2n) is 5.04. The van der Waals surface area contributed by atoms with E-state index in [0.717, 1.165) is 11.3 Å². The molecule has 0 aliphatic carbocycles. The third-order valence-corrected chi connectivity index (χ3v) is 3.42. The molecule has 3 aromatic rings. The van der Waals surface area contributed by atoms with Gasteiger partial charge in [-0.2, -0.15) is 0 Å². The SMILES string of the molecule is CCOc1ccc(C=CC(=O)c2ccc3[nH]c(=O)[nH]c3c2)cc1. The molecule has 0 saturated carbocycles. The maximum Gasteiger partial charge on any atom is 0.323 e. The predicted molar refractivity (Wildman–Crippen MR) is 89.9 cm³/mol. The van der Waals surface area contributed by atoms with Gasteiger partial charge in [0.1, 0.15) is 5.75 Å². The first-order valence-electron chi connectivity index (χ1n) is 7.33. The maximum atomic E-state index is 12.2. The van der Waals surface area contributed by atoms with E-state index >= 15 is 0 Å². The predicted octanol–water partition coefficient (Wildman–Crippen LogP) is 3.15. The lowest BCUT2D eigenvalue weighted by molar-refractivity contribution is 0.104. The van der Waals surface area contributed by atoms with Gasteiger partial charge in [0.15, 0.2) is 5.78 Å². The third kappa shape index (κ3) is 3.40. The lowest BCUT2D eigenvalue weighted by Crippen LogP contribution is -1.99. The van der Waals surface area contributed by atoms with Crippen molar-refractivity contribution in [1.29, 1.82) is 0 Å². The number of H-pyrrole nitrogens is 2. The van der Waals surface area contributed by atoms with E-state index in [1.165, 1.54) is 6.08 Å². The highest BCUT2D eigenvalue weighted by Gasteiger charge is 2.05. The molecule has 0 saturated heterocycles. The molecule has 5 nitrogen and oxygen atoms in total. The van der Waals surface area contributed by atoms with Crippen LogP contribution < -0.4 is 10.4 Å². The summed E-state index contributed by atoms with van der Waals surface area (Å²) in [5, 5.41) is 0. The summed E-state index contributed by atoms with van der Waals surface area (Å²) in [5.41, 5.74) is 2.46. The average molecular weight is 308 g/mol. The fourth-order valence-electron chi connectivity index (χ4n) is 2.30. The van der Waals surface area contributed by atoms with Gasteiger partial charge in [-0.25, -0.2) is 4.79 Å². The summed E-state index contributed by atoms with van der Waals surface area (Å²) in [4.78, 5) is 28.7. The number of hydrogen-bond donors (Lipinski definition) is 2. The van der Waals surface area contributed by atoms with Crippen LogP contribution in [0.5, 0.6) is 5.75 Å². The minimum atomic E-state index is -0.283. The molecule has 0 radical (unpaired) electrons. The quantitative estimate of drug-likeness (QED) is 0.561. The highest BCUT2D eigenvalue weighted by atomic mass is 16.5. The van der Waals surface area contributed by atoms with Gasteiger partial charge in [0.05, 0.1) is 17.6 Å². The fourth-order valence-corrected chi connectivity index (χ4v) is 2.30. The Bertz CT molecular complexity index is 917. The number of ether oxygens (including phenoxy) is 1. The minimum absolute atomic E-state index is 0.122. The number of nitrogens with one attached hydrogen (secondary N) is 2. The molecule has 0 amide bonds. The van der Waals surface area contributed by atoms with Crippen molar-refractivity contribution in [3.05, 3.63) is 70.2 Å². The summed E-state index contributed by atoms with van der Waals surface area (Å²) >= 11 is 0. The molecule has 0 atom stereocenters. The van der Waals surface area contributed by atoms with Crippen LogP contribution in [0.25, 0.3) is 17.1 Å². The molecule has 0 aliphatic rings. The van der Waals surface area contributed by atoms with Crippen molar-refractivity contribution in [2.45, 2.75) is 6.92 Å². The Balaban J connectivity index is 1.77. The summed E-state index contributed by atoms with van der Waals surface area (Å²) in [6.45, 7) is 2.55. The maximum absolute atomic E-state index is 12.2. The van der Waals surface area contributed by atoms with Crippen LogP contribution in [-0.2, 0) is 0 Å². The van der Waals surface area contributed by atoms with E-state index in [-0.39, 0.29) is 11.5 Å². The Morgan fingerprint density at radius 1 is 1.09 bits per heavy atom. The molecule has 3 rings (SSSR count). The van der Waals surface area contributed by atoms with Crippen molar-refractivity contribution >= 4 is 22.9 Å². The topological polar surface area (TPSA) is 75.0 Å². The van der Waals surface area contributed by atoms with Crippen LogP contribution in [0.2, 0.25) is 0 Å². The third-order valence-electron chi connectivity index (χ3n) is 3.42. The summed E-state index contributed by atoms with van der Waals surface area (Å²) in [5.74, 6) is 0.681. The van der Waals surface area contributed by atoms with Gasteiger partial charge in [-0.1, -0.05) is 18.2 Å². The number of rotatable bonds is 5. The van der Waals surface area contributed by atoms with Gasteiger partial charge >= 0.3 is 5.69 Å². The van der Waals surface area contributed by atoms with Gasteiger partial charge in [-0.15, -0.1) is 0 Å². The summed E-state index contributed by atoms with van der Waals surface area (Å²) in [7, 11) is 0. The first kappa shape index (κ1) is 14.8. The normalized spacial score (nSPS) is 11.2. The second kappa shape index (κ2) is 6.36. The summed E-state index contributed by atoms with van der Waals surface area (Å²) < 4.78 is 5.38. The number of carbonyl (C=O) groups is 1. The van der Waals surface area contributed by atoms with Gasteiger partial charge in [-0.3, -0.25) is 4.79 Å². The van der Waals surface area contributed by atoms with Crippen molar-refractivity contribution in [2.24, 2.45) is 0 Å². The molecule has 116 valence electrons. The molecule has 1 heterocycles.